The van der Waals surface area contributed by atoms with Crippen LogP contribution in [0.2, 0.25) is 0 Å². The van der Waals surface area contributed by atoms with Crippen LogP contribution in [0.25, 0.3) is 0 Å². The average molecular weight is 229 g/mol. The zero-order chi connectivity index (χ0) is 8.69. The van der Waals surface area contributed by atoms with E-state index in [1.807, 2.05) is 7.05 Å². The Morgan fingerprint density at radius 3 is 2.14 bits per heavy atom. The number of hydrogen-bond acceptors (Lipinski definition) is 5. The van der Waals surface area contributed by atoms with Crippen LogP contribution in [0.4, 0.5) is 0 Å². The van der Waals surface area contributed by atoms with Gasteiger partial charge in [0.25, 0.3) is 0 Å². The van der Waals surface area contributed by atoms with E-state index in [2.05, 4.69) is 5.32 Å². The lowest BCUT2D eigenvalue weighted by molar-refractivity contribution is -0.119. The summed E-state index contributed by atoms with van der Waals surface area (Å²) in [6, 6.07) is 0.0292. The maximum atomic E-state index is 10.9. The van der Waals surface area contributed by atoms with Crippen molar-refractivity contribution < 1.29 is 4.79 Å². The number of ketones is 1. The third-order valence-electron chi connectivity index (χ3n) is 1.79. The highest BCUT2D eigenvalue weighted by Crippen LogP contribution is 2.00. The van der Waals surface area contributed by atoms with Gasteiger partial charge in [0, 0.05) is 0 Å². The van der Waals surface area contributed by atoms with Crippen molar-refractivity contribution in [2.45, 2.75) is 32.2 Å². The Kier molecular flexibility index (Phi) is 25.7. The van der Waals surface area contributed by atoms with Crippen LogP contribution in [0.5, 0.6) is 0 Å². The molecule has 0 heterocycles. The second-order valence-electron chi connectivity index (χ2n) is 2.74. The Morgan fingerprint density at radius 2 is 1.86 bits per heavy atom. The number of Topliss-reactive ketones (excluding diaryl/α,β-unsaturated/α-hetero) is 1. The van der Waals surface area contributed by atoms with Crippen molar-refractivity contribution in [2.24, 2.45) is 5.73 Å². The van der Waals surface area contributed by atoms with E-state index in [1.165, 1.54) is 0 Å². The Labute approximate surface area is 92.8 Å². The summed E-state index contributed by atoms with van der Waals surface area (Å²) in [5, 5.41) is 2.97. The number of nitrogens with one attached hydrogen (secondary N) is 1. The Hall–Kier alpha value is -0.200. The van der Waals surface area contributed by atoms with Crippen LogP contribution in [0.1, 0.15) is 26.2 Å². The monoisotopic (exact) mass is 228 g/mol. The molecule has 0 rings (SSSR count). The minimum absolute atomic E-state index is 0. The van der Waals surface area contributed by atoms with Gasteiger partial charge in [-0.25, -0.2) is 0 Å². The number of rotatable bonds is 6. The number of carbonyl (C=O) groups is 1. The first kappa shape index (κ1) is 23.5. The van der Waals surface area contributed by atoms with Crippen LogP contribution in [0, 0.1) is 0 Å². The molecule has 0 aliphatic rings. The quantitative estimate of drug-likeness (QED) is 0.506. The van der Waals surface area contributed by atoms with Gasteiger partial charge in [0.1, 0.15) is 5.78 Å². The first-order valence-electron chi connectivity index (χ1n) is 4.10. The maximum absolute atomic E-state index is 10.9. The van der Waals surface area contributed by atoms with E-state index < -0.39 is 0 Å². The molecule has 5 nitrogen and oxygen atoms in total. The topological polar surface area (TPSA) is 125 Å². The molecule has 0 bridgehead atoms. The standard InChI is InChI=1S/C8H18N2O.ClH.2H3N/c1-7(11)8(10-2)5-3-4-6-9;;;/h8,10H,3-6,9H2,1-2H3;1H;2*1H3/t8-;;;/m0.../s1. The van der Waals surface area contributed by atoms with Gasteiger partial charge in [0.05, 0.1) is 6.04 Å². The minimum Gasteiger partial charge on any atom is -0.344 e. The Balaban J connectivity index is -0.000000167. The molecule has 14 heavy (non-hydrogen) atoms. The summed E-state index contributed by atoms with van der Waals surface area (Å²) in [6.07, 6.45) is 2.94. The second-order valence-corrected chi connectivity index (χ2v) is 2.74. The van der Waals surface area contributed by atoms with Gasteiger partial charge in [-0.05, 0) is 33.4 Å². The zero-order valence-corrected chi connectivity index (χ0v) is 10.0. The minimum atomic E-state index is 0. The maximum Gasteiger partial charge on any atom is 0.146 e. The van der Waals surface area contributed by atoms with Crippen molar-refractivity contribution in [1.82, 2.24) is 17.6 Å². The smallest absolute Gasteiger partial charge is 0.146 e. The molecule has 0 aliphatic heterocycles. The first-order valence-corrected chi connectivity index (χ1v) is 4.10. The summed E-state index contributed by atoms with van der Waals surface area (Å²) in [6.45, 7) is 2.33. The molecule has 6 heteroatoms. The number of unbranched alkanes of at least 4 members (excludes halogenated alkanes) is 1. The van der Waals surface area contributed by atoms with Crippen LogP contribution in [0.15, 0.2) is 0 Å². The Morgan fingerprint density at radius 1 is 1.36 bits per heavy atom. The molecular formula is C8H25ClN4O. The van der Waals surface area contributed by atoms with Gasteiger partial charge >= 0.3 is 0 Å². The molecule has 0 saturated carbocycles. The molecule has 0 spiro atoms. The number of halogens is 1. The highest BCUT2D eigenvalue weighted by molar-refractivity contribution is 5.85. The summed E-state index contributed by atoms with van der Waals surface area (Å²) in [5.41, 5.74) is 5.33. The summed E-state index contributed by atoms with van der Waals surface area (Å²) in [5.74, 6) is 0.213. The molecule has 0 radical (unpaired) electrons. The van der Waals surface area contributed by atoms with E-state index in [4.69, 9.17) is 5.73 Å². The van der Waals surface area contributed by atoms with Crippen molar-refractivity contribution >= 4 is 18.2 Å². The highest BCUT2D eigenvalue weighted by atomic mass is 35.5. The van der Waals surface area contributed by atoms with Crippen molar-refractivity contribution in [2.75, 3.05) is 13.6 Å². The predicted octanol–water partition coefficient (Wildman–Crippen LogP) is 1.04. The summed E-state index contributed by atoms with van der Waals surface area (Å²) < 4.78 is 0. The number of likely N-dealkylation sites (N-methyl/N-ethyl adjacent to an activating group) is 1. The fourth-order valence-electron chi connectivity index (χ4n) is 1.04. The molecule has 0 unspecified atom stereocenters. The van der Waals surface area contributed by atoms with E-state index in [1.54, 1.807) is 6.92 Å². The van der Waals surface area contributed by atoms with Crippen LogP contribution in [0.3, 0.4) is 0 Å². The predicted molar refractivity (Wildman–Crippen MR) is 63.7 cm³/mol. The molecule has 0 aliphatic carbocycles. The van der Waals surface area contributed by atoms with Gasteiger partial charge < -0.3 is 23.4 Å². The second kappa shape index (κ2) is 15.3. The Bertz CT molecular complexity index is 124. The number of hydrogen-bond donors (Lipinski definition) is 4. The molecule has 0 aromatic rings. The number of carbonyl (C=O) groups excluding carboxylic acids is 1. The third kappa shape index (κ3) is 11.8. The van der Waals surface area contributed by atoms with E-state index >= 15 is 0 Å². The van der Waals surface area contributed by atoms with Gasteiger partial charge in [-0.15, -0.1) is 12.4 Å². The van der Waals surface area contributed by atoms with Crippen molar-refractivity contribution in [3.05, 3.63) is 0 Å². The van der Waals surface area contributed by atoms with Gasteiger partial charge in [-0.3, -0.25) is 4.79 Å². The lowest BCUT2D eigenvalue weighted by Gasteiger charge is -2.11. The van der Waals surface area contributed by atoms with Crippen LogP contribution >= 0.6 is 12.4 Å². The van der Waals surface area contributed by atoms with Gasteiger partial charge in [-0.1, -0.05) is 6.42 Å². The molecule has 0 aromatic carbocycles. The average Bonchev–Trinajstić information content (AvgIpc) is 1.97. The summed E-state index contributed by atoms with van der Waals surface area (Å²) in [7, 11) is 1.81. The fraction of sp³-hybridized carbons (Fsp3) is 0.875. The van der Waals surface area contributed by atoms with Crippen LogP contribution in [-0.2, 0) is 4.79 Å². The van der Waals surface area contributed by atoms with E-state index in [-0.39, 0.29) is 36.5 Å². The normalized spacial score (nSPS) is 10.2. The molecule has 9 N–H and O–H groups in total. The van der Waals surface area contributed by atoms with Crippen molar-refractivity contribution in [1.29, 1.82) is 0 Å². The SMILES string of the molecule is CN[C@@H](CCCCN)C(C)=O.Cl.N.N. The van der Waals surface area contributed by atoms with E-state index in [9.17, 15) is 4.79 Å². The first-order chi connectivity index (χ1) is 5.22. The van der Waals surface area contributed by atoms with Gasteiger partial charge in [0.2, 0.25) is 0 Å². The number of nitrogens with two attached hydrogens (primary N) is 1. The fourth-order valence-corrected chi connectivity index (χ4v) is 1.04. The lowest BCUT2D eigenvalue weighted by Crippen LogP contribution is -2.32. The molecule has 0 amide bonds. The van der Waals surface area contributed by atoms with E-state index in [0.29, 0.717) is 6.54 Å². The molecule has 0 aromatic heterocycles. The van der Waals surface area contributed by atoms with Crippen molar-refractivity contribution in [3.8, 4) is 0 Å². The van der Waals surface area contributed by atoms with Crippen LogP contribution < -0.4 is 23.4 Å². The lowest BCUT2D eigenvalue weighted by atomic mass is 10.1. The van der Waals surface area contributed by atoms with Gasteiger partial charge in [0.15, 0.2) is 0 Å². The molecule has 0 saturated heterocycles. The highest BCUT2D eigenvalue weighted by Gasteiger charge is 2.09. The largest absolute Gasteiger partial charge is 0.344 e. The summed E-state index contributed by atoms with van der Waals surface area (Å²) in [4.78, 5) is 10.9. The van der Waals surface area contributed by atoms with Crippen molar-refractivity contribution in [3.63, 3.8) is 0 Å². The molecule has 90 valence electrons. The summed E-state index contributed by atoms with van der Waals surface area (Å²) >= 11 is 0. The van der Waals surface area contributed by atoms with Gasteiger partial charge in [-0.2, -0.15) is 0 Å². The van der Waals surface area contributed by atoms with E-state index in [0.717, 1.165) is 19.3 Å². The molecular weight excluding hydrogens is 204 g/mol. The third-order valence-corrected chi connectivity index (χ3v) is 1.79. The molecule has 0 fully saturated rings. The van der Waals surface area contributed by atoms with Crippen LogP contribution in [-0.4, -0.2) is 25.4 Å². The zero-order valence-electron chi connectivity index (χ0n) is 9.21. The molecule has 1 atom stereocenters.